The van der Waals surface area contributed by atoms with E-state index in [4.69, 9.17) is 36.8 Å². The summed E-state index contributed by atoms with van der Waals surface area (Å²) < 4.78 is 18.5. The van der Waals surface area contributed by atoms with Gasteiger partial charge in [-0.25, -0.2) is 9.48 Å². The number of methoxy groups -OCH3 is 1. The molecule has 0 atom stereocenters. The van der Waals surface area contributed by atoms with E-state index >= 15 is 0 Å². The minimum Gasteiger partial charge on any atom is -0.464 e. The van der Waals surface area contributed by atoms with Crippen molar-refractivity contribution >= 4 is 64.6 Å². The molecule has 0 fully saturated rings. The second kappa shape index (κ2) is 12.2. The van der Waals surface area contributed by atoms with Gasteiger partial charge in [0.15, 0.2) is 5.69 Å². The first-order chi connectivity index (χ1) is 16.7. The van der Waals surface area contributed by atoms with Crippen LogP contribution in [0.3, 0.4) is 0 Å². The Morgan fingerprint density at radius 2 is 1.74 bits per heavy atom. The first-order valence-corrected chi connectivity index (χ1v) is 15.4. The summed E-state index contributed by atoms with van der Waals surface area (Å²) in [4.78, 5) is 12.5. The van der Waals surface area contributed by atoms with Crippen LogP contribution in [0.2, 0.25) is 23.1 Å². The van der Waals surface area contributed by atoms with Crippen molar-refractivity contribution in [2.75, 3.05) is 7.11 Å². The molecule has 184 valence electrons. The van der Waals surface area contributed by atoms with Gasteiger partial charge in [0.25, 0.3) is 0 Å². The van der Waals surface area contributed by atoms with E-state index in [1.807, 2.05) is 37.4 Å². The van der Waals surface area contributed by atoms with E-state index in [1.165, 1.54) is 7.11 Å². The molecule has 0 aliphatic heterocycles. The number of aromatic nitrogens is 2. The maximum Gasteiger partial charge on any atom is 0.358 e. The molecule has 11 heteroatoms. The Bertz CT molecular complexity index is 1180. The van der Waals surface area contributed by atoms with Crippen LogP contribution < -0.4 is 0 Å². The van der Waals surface area contributed by atoms with E-state index in [9.17, 15) is 4.79 Å². The smallest absolute Gasteiger partial charge is 0.358 e. The van der Waals surface area contributed by atoms with Gasteiger partial charge in [0.1, 0.15) is 6.29 Å². The van der Waals surface area contributed by atoms with Crippen molar-refractivity contribution in [3.05, 3.63) is 69.3 Å². The Balaban J connectivity index is 2.16. The van der Waals surface area contributed by atoms with Crippen molar-refractivity contribution in [1.29, 1.82) is 0 Å². The minimum absolute atomic E-state index is 0.213. The van der Waals surface area contributed by atoms with Gasteiger partial charge in [-0.05, 0) is 36.9 Å². The van der Waals surface area contributed by atoms with Gasteiger partial charge in [0, 0.05) is 26.9 Å². The fraction of sp³-hybridized carbons (Fsp3) is 0.333. The predicted octanol–water partition coefficient (Wildman–Crippen LogP) is 6.50. The molecule has 0 saturated carbocycles. The molecule has 0 aliphatic rings. The topological polar surface area (TPSA) is 62.6 Å². The number of nitrogens with zero attached hydrogens (tertiary/aromatic N) is 2. The molecule has 3 rings (SSSR count). The summed E-state index contributed by atoms with van der Waals surface area (Å²) in [7, 11) is 1.97. The Labute approximate surface area is 229 Å². The highest BCUT2D eigenvalue weighted by molar-refractivity contribution is 9.08. The Morgan fingerprint density at radius 1 is 1.11 bits per heavy atom. The lowest BCUT2D eigenvalue weighted by Gasteiger charge is -2.34. The van der Waals surface area contributed by atoms with E-state index in [2.05, 4.69) is 34.9 Å². The molecule has 0 unspecified atom stereocenters. The van der Waals surface area contributed by atoms with Crippen molar-refractivity contribution < 1.29 is 18.4 Å². The van der Waals surface area contributed by atoms with E-state index < -0.39 is 5.97 Å². The van der Waals surface area contributed by atoms with Gasteiger partial charge in [-0.1, -0.05) is 77.2 Å². The van der Waals surface area contributed by atoms with Gasteiger partial charge >= 0.3 is 5.97 Å². The number of alkyl halides is 1. The third-order valence-corrected chi connectivity index (χ3v) is 7.57. The van der Waals surface area contributed by atoms with E-state index in [0.717, 1.165) is 16.8 Å². The quantitative estimate of drug-likeness (QED) is 0.113. The summed E-state index contributed by atoms with van der Waals surface area (Å²) >= 11 is 16.2. The third-order valence-electron chi connectivity index (χ3n) is 5.58. The molecule has 0 N–H and O–H groups in total. The van der Waals surface area contributed by atoms with Crippen LogP contribution in [0, 0.1) is 0 Å². The van der Waals surface area contributed by atoms with Gasteiger partial charge in [0.2, 0.25) is 19.5 Å². The number of rotatable bonds is 10. The fourth-order valence-corrected chi connectivity index (χ4v) is 5.92. The maximum atomic E-state index is 12.5. The summed E-state index contributed by atoms with van der Waals surface area (Å²) in [6.07, 6.45) is -0.359. The predicted molar refractivity (Wildman–Crippen MR) is 145 cm³/mol. The first kappa shape index (κ1) is 28.1. The first-order valence-electron chi connectivity index (χ1n) is 10.7. The zero-order valence-corrected chi connectivity index (χ0v) is 25.1. The largest absolute Gasteiger partial charge is 0.464 e. The molecule has 35 heavy (non-hydrogen) atoms. The molecule has 6 nitrogen and oxygen atoms in total. The lowest BCUT2D eigenvalue weighted by atomic mass is 9.83. The standard InChI is InChI=1S/C24H25BrCl2N2O4Si2/c1-24(2,23(32-34-4)33-35-5)15-8-6-14(7-9-15)21-17(13-25)20(22(30)31-3)28-29(21)19-11-10-16(26)12-18(19)27/h6-12,23H,13H2,1-5H3. The normalized spacial score (nSPS) is 11.8. The van der Waals surface area contributed by atoms with Crippen molar-refractivity contribution in [3.63, 3.8) is 0 Å². The number of carbonyl (C=O) groups is 1. The van der Waals surface area contributed by atoms with Crippen molar-refractivity contribution in [1.82, 2.24) is 9.78 Å². The lowest BCUT2D eigenvalue weighted by molar-refractivity contribution is -0.0433. The van der Waals surface area contributed by atoms with E-state index in [1.54, 1.807) is 22.9 Å². The summed E-state index contributed by atoms with van der Waals surface area (Å²) in [5.41, 5.74) is 3.78. The number of hydrogen-bond acceptors (Lipinski definition) is 5. The zero-order chi connectivity index (χ0) is 25.8. The Morgan fingerprint density at radius 3 is 2.26 bits per heavy atom. The van der Waals surface area contributed by atoms with E-state index in [0.29, 0.717) is 46.2 Å². The van der Waals surface area contributed by atoms with Crippen LogP contribution in [-0.2, 0) is 24.3 Å². The lowest BCUT2D eigenvalue weighted by Crippen LogP contribution is -2.39. The summed E-state index contributed by atoms with van der Waals surface area (Å²) in [5.74, 6) is -0.528. The zero-order valence-electron chi connectivity index (χ0n) is 20.0. The molecule has 3 aromatic rings. The molecule has 0 amide bonds. The van der Waals surface area contributed by atoms with Gasteiger partial charge in [0.05, 0.1) is 23.5 Å². The number of ether oxygens (including phenoxy) is 1. The number of benzene rings is 2. The monoisotopic (exact) mass is 610 g/mol. The van der Waals surface area contributed by atoms with Gasteiger partial charge < -0.3 is 13.6 Å². The molecule has 4 radical (unpaired) electrons. The molecule has 0 spiro atoms. The maximum absolute atomic E-state index is 12.5. The van der Waals surface area contributed by atoms with Crippen LogP contribution in [-0.4, -0.2) is 48.7 Å². The summed E-state index contributed by atoms with van der Waals surface area (Å²) in [5, 5.41) is 5.89. The van der Waals surface area contributed by atoms with Crippen LogP contribution in [0.15, 0.2) is 42.5 Å². The molecule has 2 aromatic carbocycles. The van der Waals surface area contributed by atoms with Crippen LogP contribution in [0.5, 0.6) is 0 Å². The highest BCUT2D eigenvalue weighted by atomic mass is 79.9. The number of carbonyl (C=O) groups excluding carboxylic acids is 1. The van der Waals surface area contributed by atoms with Crippen LogP contribution in [0.25, 0.3) is 16.9 Å². The second-order valence-corrected chi connectivity index (χ2v) is 10.8. The minimum atomic E-state index is -0.528. The second-order valence-electron chi connectivity index (χ2n) is 8.08. The van der Waals surface area contributed by atoms with Gasteiger partial charge in [-0.2, -0.15) is 5.10 Å². The van der Waals surface area contributed by atoms with Crippen molar-refractivity contribution in [2.45, 2.75) is 44.0 Å². The van der Waals surface area contributed by atoms with Crippen LogP contribution >= 0.6 is 39.1 Å². The molecule has 0 saturated heterocycles. The molecular formula is C24H25BrCl2N2O4Si2. The van der Waals surface area contributed by atoms with E-state index in [-0.39, 0.29) is 17.4 Å². The molecule has 0 bridgehead atoms. The molecule has 1 heterocycles. The van der Waals surface area contributed by atoms with Crippen molar-refractivity contribution in [3.8, 4) is 16.9 Å². The molecule has 0 aliphatic carbocycles. The van der Waals surface area contributed by atoms with Crippen LogP contribution in [0.1, 0.15) is 35.5 Å². The Kier molecular flexibility index (Phi) is 9.78. The summed E-state index contributed by atoms with van der Waals surface area (Å²) in [6.45, 7) is 8.17. The van der Waals surface area contributed by atoms with Gasteiger partial charge in [-0.3, -0.25) is 0 Å². The SMILES string of the molecule is COC(=O)c1nn(-c2ccc(Cl)cc2Cl)c(-c2ccc(C(C)(C)C(O[Si]C)O[Si]C)cc2)c1CBr. The number of halogens is 3. The summed E-state index contributed by atoms with van der Waals surface area (Å²) in [6, 6.07) is 13.2. The molecule has 1 aromatic heterocycles. The number of esters is 1. The average Bonchev–Trinajstić information content (AvgIpc) is 3.22. The Hall–Kier alpha value is -1.47. The average molecular weight is 612 g/mol. The highest BCUT2D eigenvalue weighted by Gasteiger charge is 2.33. The highest BCUT2D eigenvalue weighted by Crippen LogP contribution is 2.36. The van der Waals surface area contributed by atoms with Crippen LogP contribution in [0.4, 0.5) is 0 Å². The third kappa shape index (κ3) is 5.93. The number of hydrogen-bond donors (Lipinski definition) is 0. The van der Waals surface area contributed by atoms with Crippen molar-refractivity contribution in [2.24, 2.45) is 0 Å². The van der Waals surface area contributed by atoms with Gasteiger partial charge in [-0.15, -0.1) is 0 Å². The molecular weight excluding hydrogens is 587 g/mol. The fourth-order valence-electron chi connectivity index (χ4n) is 3.69.